The summed E-state index contributed by atoms with van der Waals surface area (Å²) in [7, 11) is 3.14. The van der Waals surface area contributed by atoms with Crippen LogP contribution in [0.4, 0.5) is 5.13 Å². The molecule has 0 spiro atoms. The van der Waals surface area contributed by atoms with Crippen molar-refractivity contribution in [3.05, 3.63) is 42.1 Å². The summed E-state index contributed by atoms with van der Waals surface area (Å²) < 4.78 is 6.25. The highest BCUT2D eigenvalue weighted by atomic mass is 32.2. The summed E-state index contributed by atoms with van der Waals surface area (Å²) in [4.78, 5) is 41.7. The average molecular weight is 503 g/mol. The molecule has 2 aromatic rings. The highest BCUT2D eigenvalue weighted by molar-refractivity contribution is 8.01. The highest BCUT2D eigenvalue weighted by Crippen LogP contribution is 2.38. The van der Waals surface area contributed by atoms with Gasteiger partial charge in [-0.1, -0.05) is 29.7 Å². The topological polar surface area (TPSA) is 101 Å². The first-order valence-electron chi connectivity index (χ1n) is 11.1. The van der Waals surface area contributed by atoms with Gasteiger partial charge in [-0.2, -0.15) is 0 Å². The lowest BCUT2D eigenvalue weighted by Crippen LogP contribution is -2.25. The summed E-state index contributed by atoms with van der Waals surface area (Å²) in [6, 6.07) is 3.67. The van der Waals surface area contributed by atoms with Crippen LogP contribution in [-0.2, 0) is 9.59 Å². The number of hydrogen-bond donors (Lipinski definition) is 2. The van der Waals surface area contributed by atoms with E-state index in [1.807, 2.05) is 24.0 Å². The van der Waals surface area contributed by atoms with Gasteiger partial charge in [-0.3, -0.25) is 14.4 Å². The second-order valence-electron chi connectivity index (χ2n) is 7.98. The fourth-order valence-corrected chi connectivity index (χ4v) is 5.29. The Hall–Kier alpha value is -2.85. The Morgan fingerprint density at radius 1 is 1.26 bits per heavy atom. The minimum atomic E-state index is -0.194. The van der Waals surface area contributed by atoms with Gasteiger partial charge in [0.25, 0.3) is 5.91 Å². The third kappa shape index (κ3) is 6.83. The molecule has 0 atom stereocenters. The number of amides is 3. The van der Waals surface area contributed by atoms with Crippen LogP contribution in [0.2, 0.25) is 0 Å². The van der Waals surface area contributed by atoms with Gasteiger partial charge in [0.05, 0.1) is 23.1 Å². The number of aryl methyl sites for hydroxylation is 1. The van der Waals surface area contributed by atoms with E-state index in [2.05, 4.69) is 22.2 Å². The molecule has 2 fully saturated rings. The molecule has 1 aromatic carbocycles. The van der Waals surface area contributed by atoms with Crippen molar-refractivity contribution in [2.45, 2.75) is 41.7 Å². The first-order chi connectivity index (χ1) is 16.4. The Bertz CT molecular complexity index is 1060. The number of rotatable bonds is 7. The molecule has 3 amide bonds. The lowest BCUT2D eigenvalue weighted by molar-refractivity contribution is -0.125. The summed E-state index contributed by atoms with van der Waals surface area (Å²) in [5.41, 5.74) is 1.50. The average Bonchev–Trinajstić information content (AvgIpc) is 3.38. The van der Waals surface area contributed by atoms with E-state index in [1.165, 1.54) is 29.2 Å². The minimum absolute atomic E-state index is 0.0495. The van der Waals surface area contributed by atoms with E-state index in [4.69, 9.17) is 4.74 Å². The Labute approximate surface area is 208 Å². The van der Waals surface area contributed by atoms with Crippen LogP contribution in [0.3, 0.4) is 0 Å². The predicted octanol–water partition coefficient (Wildman–Crippen LogP) is 4.11. The molecule has 1 saturated heterocycles. The molecule has 0 radical (unpaired) electrons. The van der Waals surface area contributed by atoms with E-state index in [-0.39, 0.29) is 23.6 Å². The molecule has 2 aliphatic rings. The van der Waals surface area contributed by atoms with Gasteiger partial charge < -0.3 is 20.3 Å². The van der Waals surface area contributed by atoms with Crippen molar-refractivity contribution in [3.63, 3.8) is 0 Å². The number of nitrogens with zero attached hydrogens (tertiary/aromatic N) is 2. The lowest BCUT2D eigenvalue weighted by atomic mass is 10.1. The number of anilines is 1. The molecule has 4 rings (SSSR count). The number of ether oxygens (including phenoxy) is 1. The van der Waals surface area contributed by atoms with Crippen molar-refractivity contribution in [2.75, 3.05) is 32.6 Å². The first-order valence-corrected chi connectivity index (χ1v) is 12.8. The van der Waals surface area contributed by atoms with E-state index >= 15 is 0 Å². The zero-order chi connectivity index (χ0) is 24.7. The number of carbonyl (C=O) groups excluding carboxylic acids is 3. The SMILES string of the molecule is C=CC(=O)N1CCCC1.CNC(=O)c1cc(Sc2cnc(NC(=O)C3CC3)s2)c(C)cc1OC. The number of carbonyl (C=O) groups is 3. The van der Waals surface area contributed by atoms with Gasteiger partial charge in [-0.25, -0.2) is 4.98 Å². The van der Waals surface area contributed by atoms with Crippen LogP contribution in [0.25, 0.3) is 0 Å². The molecule has 1 aliphatic carbocycles. The van der Waals surface area contributed by atoms with E-state index in [1.54, 1.807) is 20.4 Å². The van der Waals surface area contributed by atoms with Crippen LogP contribution in [-0.4, -0.2) is 54.9 Å². The standard InChI is InChI=1S/C17H19N3O3S2.C7H11NO/c1-9-6-12(23-3)11(16(22)18-2)7-13(9)24-14-8-19-17(25-14)20-15(21)10-4-5-10;1-2-7(9)8-5-3-4-6-8/h6-8,10H,4-5H2,1-3H3,(H,18,22)(H,19,20,21);2H,1,3-6H2. The molecule has 2 N–H and O–H groups in total. The summed E-state index contributed by atoms with van der Waals surface area (Å²) >= 11 is 2.94. The number of thiazole rings is 1. The number of hydrogen-bond acceptors (Lipinski definition) is 7. The Balaban J connectivity index is 0.000000302. The fraction of sp³-hybridized carbons (Fsp3) is 0.417. The third-order valence-electron chi connectivity index (χ3n) is 5.43. The van der Waals surface area contributed by atoms with Crippen molar-refractivity contribution in [1.29, 1.82) is 0 Å². The van der Waals surface area contributed by atoms with Crippen molar-refractivity contribution in [1.82, 2.24) is 15.2 Å². The van der Waals surface area contributed by atoms with Crippen molar-refractivity contribution in [2.24, 2.45) is 5.92 Å². The molecule has 1 aromatic heterocycles. The molecule has 1 aliphatic heterocycles. The molecule has 34 heavy (non-hydrogen) atoms. The molecule has 0 bridgehead atoms. The Kier molecular flexibility index (Phi) is 9.12. The second-order valence-corrected chi connectivity index (χ2v) is 10.4. The summed E-state index contributed by atoms with van der Waals surface area (Å²) in [5, 5.41) is 6.08. The smallest absolute Gasteiger partial charge is 0.254 e. The molecule has 182 valence electrons. The van der Waals surface area contributed by atoms with Gasteiger partial charge >= 0.3 is 0 Å². The monoisotopic (exact) mass is 502 g/mol. The van der Waals surface area contributed by atoms with Crippen LogP contribution in [0, 0.1) is 12.8 Å². The Morgan fingerprint density at radius 2 is 1.97 bits per heavy atom. The van der Waals surface area contributed by atoms with Crippen molar-refractivity contribution < 1.29 is 19.1 Å². The number of nitrogens with one attached hydrogen (secondary N) is 2. The van der Waals surface area contributed by atoms with Gasteiger partial charge in [0.2, 0.25) is 11.8 Å². The van der Waals surface area contributed by atoms with E-state index in [0.29, 0.717) is 16.4 Å². The van der Waals surface area contributed by atoms with Crippen LogP contribution in [0.15, 0.2) is 40.1 Å². The van der Waals surface area contributed by atoms with Crippen LogP contribution >= 0.6 is 23.1 Å². The molecule has 10 heteroatoms. The zero-order valence-corrected chi connectivity index (χ0v) is 21.3. The van der Waals surface area contributed by atoms with Crippen LogP contribution in [0.5, 0.6) is 5.75 Å². The molecule has 8 nitrogen and oxygen atoms in total. The molecule has 0 unspecified atom stereocenters. The van der Waals surface area contributed by atoms with Gasteiger partial charge in [0.15, 0.2) is 5.13 Å². The largest absolute Gasteiger partial charge is 0.496 e. The maximum atomic E-state index is 12.0. The van der Waals surface area contributed by atoms with Gasteiger partial charge in [0, 0.05) is 31.0 Å². The molecular weight excluding hydrogens is 472 g/mol. The fourth-order valence-electron chi connectivity index (χ4n) is 3.34. The maximum Gasteiger partial charge on any atom is 0.254 e. The number of likely N-dealkylation sites (tertiary alicyclic amines) is 1. The quantitative estimate of drug-likeness (QED) is 0.553. The molecule has 2 heterocycles. The van der Waals surface area contributed by atoms with Gasteiger partial charge in [-0.05, 0) is 56.4 Å². The lowest BCUT2D eigenvalue weighted by Gasteiger charge is -2.12. The summed E-state index contributed by atoms with van der Waals surface area (Å²) in [6.45, 7) is 7.22. The van der Waals surface area contributed by atoms with Crippen molar-refractivity contribution >= 4 is 46.0 Å². The number of methoxy groups -OCH3 is 1. The van der Waals surface area contributed by atoms with Crippen molar-refractivity contribution in [3.8, 4) is 5.75 Å². The van der Waals surface area contributed by atoms with Gasteiger partial charge in [0.1, 0.15) is 5.75 Å². The van der Waals surface area contributed by atoms with E-state index in [9.17, 15) is 14.4 Å². The maximum absolute atomic E-state index is 12.0. The van der Waals surface area contributed by atoms with Crippen LogP contribution < -0.4 is 15.4 Å². The second kappa shape index (κ2) is 12.0. The van der Waals surface area contributed by atoms with Crippen LogP contribution in [0.1, 0.15) is 41.6 Å². The zero-order valence-electron chi connectivity index (χ0n) is 19.7. The highest BCUT2D eigenvalue weighted by Gasteiger charge is 2.30. The minimum Gasteiger partial charge on any atom is -0.496 e. The number of benzene rings is 1. The van der Waals surface area contributed by atoms with E-state index in [0.717, 1.165) is 53.4 Å². The third-order valence-corrected chi connectivity index (χ3v) is 7.61. The Morgan fingerprint density at radius 3 is 2.56 bits per heavy atom. The summed E-state index contributed by atoms with van der Waals surface area (Å²) in [5.74, 6) is 0.628. The molecule has 1 saturated carbocycles. The van der Waals surface area contributed by atoms with Gasteiger partial charge in [-0.15, -0.1) is 0 Å². The normalized spacial score (nSPS) is 14.6. The number of aromatic nitrogens is 1. The molecular formula is C24H30N4O4S2. The first kappa shape index (κ1) is 25.8. The predicted molar refractivity (Wildman–Crippen MR) is 135 cm³/mol. The van der Waals surface area contributed by atoms with E-state index < -0.39 is 0 Å². The summed E-state index contributed by atoms with van der Waals surface area (Å²) in [6.07, 6.45) is 7.35.